The average Bonchev–Trinajstić information content (AvgIpc) is 2.46. The number of anilines is 1. The van der Waals surface area contributed by atoms with Crippen molar-refractivity contribution in [2.75, 3.05) is 19.0 Å². The van der Waals surface area contributed by atoms with Gasteiger partial charge in [-0.15, -0.1) is 0 Å². The Hall–Kier alpha value is -1.68. The Morgan fingerprint density at radius 1 is 1.10 bits per heavy atom. The lowest BCUT2D eigenvalue weighted by molar-refractivity contribution is 0.310. The molecule has 0 radical (unpaired) electrons. The van der Waals surface area contributed by atoms with Crippen LogP contribution >= 0.6 is 15.9 Å². The van der Waals surface area contributed by atoms with Crippen LogP contribution in [0.2, 0.25) is 0 Å². The minimum Gasteiger partial charge on any atom is -0.493 e. The molecule has 0 bridgehead atoms. The number of hydrogen-bond acceptors (Lipinski definition) is 3. The molecular formula is C16H18BrNO2. The molecule has 0 spiro atoms. The molecule has 0 aromatic heterocycles. The zero-order valence-corrected chi connectivity index (χ0v) is 13.2. The summed E-state index contributed by atoms with van der Waals surface area (Å²) < 4.78 is 11.9. The number of halogens is 1. The Kier molecular flexibility index (Phi) is 5.30. The van der Waals surface area contributed by atoms with Gasteiger partial charge in [-0.25, -0.2) is 0 Å². The highest BCUT2D eigenvalue weighted by Gasteiger charge is 2.05. The van der Waals surface area contributed by atoms with E-state index in [0.29, 0.717) is 6.61 Å². The maximum Gasteiger partial charge on any atom is 0.161 e. The largest absolute Gasteiger partial charge is 0.493 e. The molecule has 0 aliphatic rings. The smallest absolute Gasteiger partial charge is 0.161 e. The van der Waals surface area contributed by atoms with Gasteiger partial charge in [-0.3, -0.25) is 0 Å². The van der Waals surface area contributed by atoms with E-state index < -0.39 is 0 Å². The van der Waals surface area contributed by atoms with Gasteiger partial charge in [-0.2, -0.15) is 0 Å². The fourth-order valence-electron chi connectivity index (χ4n) is 1.90. The summed E-state index contributed by atoms with van der Waals surface area (Å²) in [4.78, 5) is 0. The third kappa shape index (κ3) is 3.90. The van der Waals surface area contributed by atoms with Gasteiger partial charge in [0.15, 0.2) is 11.5 Å². The molecule has 4 heteroatoms. The van der Waals surface area contributed by atoms with E-state index in [4.69, 9.17) is 9.47 Å². The van der Waals surface area contributed by atoms with Gasteiger partial charge in [0, 0.05) is 16.7 Å². The summed E-state index contributed by atoms with van der Waals surface area (Å²) in [5.74, 6) is 1.54. The number of methoxy groups -OCH3 is 1. The molecule has 3 nitrogen and oxygen atoms in total. The first-order valence-corrected chi connectivity index (χ1v) is 7.31. The molecule has 0 aliphatic carbocycles. The lowest BCUT2D eigenvalue weighted by atomic mass is 10.2. The van der Waals surface area contributed by atoms with Crippen LogP contribution < -0.4 is 14.8 Å². The number of ether oxygens (including phenoxy) is 2. The second kappa shape index (κ2) is 7.20. The summed E-state index contributed by atoms with van der Waals surface area (Å²) in [6, 6.07) is 14.1. The highest BCUT2D eigenvalue weighted by Crippen LogP contribution is 2.28. The minimum atomic E-state index is 0.631. The number of rotatable bonds is 6. The van der Waals surface area contributed by atoms with E-state index in [1.54, 1.807) is 7.11 Å². The maximum absolute atomic E-state index is 5.51. The molecule has 2 aromatic carbocycles. The Balaban J connectivity index is 2.06. The van der Waals surface area contributed by atoms with Crippen molar-refractivity contribution in [2.24, 2.45) is 0 Å². The van der Waals surface area contributed by atoms with Crippen LogP contribution in [0.1, 0.15) is 12.5 Å². The first-order valence-electron chi connectivity index (χ1n) is 6.52. The predicted octanol–water partition coefficient (Wildman–Crippen LogP) is 4.47. The van der Waals surface area contributed by atoms with Crippen molar-refractivity contribution in [2.45, 2.75) is 13.5 Å². The molecule has 0 unspecified atom stereocenters. The van der Waals surface area contributed by atoms with Gasteiger partial charge in [-0.05, 0) is 42.8 Å². The lowest BCUT2D eigenvalue weighted by Gasteiger charge is -2.12. The normalized spacial score (nSPS) is 10.2. The maximum atomic E-state index is 5.51. The summed E-state index contributed by atoms with van der Waals surface area (Å²) in [6.07, 6.45) is 0. The van der Waals surface area contributed by atoms with Crippen molar-refractivity contribution in [1.29, 1.82) is 0 Å². The van der Waals surface area contributed by atoms with Crippen molar-refractivity contribution in [3.05, 3.63) is 52.5 Å². The molecule has 0 atom stereocenters. The number of hydrogen-bond donors (Lipinski definition) is 1. The summed E-state index contributed by atoms with van der Waals surface area (Å²) in [5, 5.41) is 3.38. The summed E-state index contributed by atoms with van der Waals surface area (Å²) in [7, 11) is 1.66. The van der Waals surface area contributed by atoms with Gasteiger partial charge in [0.2, 0.25) is 0 Å². The van der Waals surface area contributed by atoms with Gasteiger partial charge in [0.1, 0.15) is 0 Å². The Morgan fingerprint density at radius 2 is 1.95 bits per heavy atom. The molecule has 0 fully saturated rings. The fourth-order valence-corrected chi connectivity index (χ4v) is 2.30. The summed E-state index contributed by atoms with van der Waals surface area (Å²) in [6.45, 7) is 3.33. The van der Waals surface area contributed by atoms with Crippen LogP contribution in [0, 0.1) is 0 Å². The standard InChI is InChI=1S/C16H18BrNO2/c1-3-20-15-8-7-12(9-16(15)19-2)11-18-14-6-4-5-13(17)10-14/h4-10,18H,3,11H2,1-2H3. The molecule has 2 rings (SSSR count). The van der Waals surface area contributed by atoms with E-state index in [-0.39, 0.29) is 0 Å². The first kappa shape index (κ1) is 14.7. The SMILES string of the molecule is CCOc1ccc(CNc2cccc(Br)c2)cc1OC. The zero-order chi connectivity index (χ0) is 14.4. The van der Waals surface area contributed by atoms with Gasteiger partial charge in [0.25, 0.3) is 0 Å². The van der Waals surface area contributed by atoms with Crippen LogP contribution in [0.5, 0.6) is 11.5 Å². The van der Waals surface area contributed by atoms with Crippen LogP contribution in [0.3, 0.4) is 0 Å². The molecular weight excluding hydrogens is 318 g/mol. The molecule has 1 N–H and O–H groups in total. The Labute approximate surface area is 128 Å². The van der Waals surface area contributed by atoms with Crippen LogP contribution in [0.15, 0.2) is 46.9 Å². The monoisotopic (exact) mass is 335 g/mol. The van der Waals surface area contributed by atoms with Gasteiger partial charge >= 0.3 is 0 Å². The summed E-state index contributed by atoms with van der Waals surface area (Å²) >= 11 is 3.46. The van der Waals surface area contributed by atoms with Crippen molar-refractivity contribution in [3.8, 4) is 11.5 Å². The molecule has 0 heterocycles. The number of nitrogens with one attached hydrogen (secondary N) is 1. The van der Waals surface area contributed by atoms with E-state index in [1.807, 2.05) is 49.4 Å². The number of benzene rings is 2. The van der Waals surface area contributed by atoms with Crippen LogP contribution in [-0.4, -0.2) is 13.7 Å². The zero-order valence-electron chi connectivity index (χ0n) is 11.7. The fraction of sp³-hybridized carbons (Fsp3) is 0.250. The molecule has 0 aliphatic heterocycles. The third-order valence-electron chi connectivity index (χ3n) is 2.85. The highest BCUT2D eigenvalue weighted by molar-refractivity contribution is 9.10. The minimum absolute atomic E-state index is 0.631. The molecule has 0 amide bonds. The molecule has 106 valence electrons. The van der Waals surface area contributed by atoms with Crippen molar-refractivity contribution >= 4 is 21.6 Å². The quantitative estimate of drug-likeness (QED) is 0.844. The van der Waals surface area contributed by atoms with E-state index in [1.165, 1.54) is 0 Å². The van der Waals surface area contributed by atoms with Gasteiger partial charge in [0.05, 0.1) is 13.7 Å². The second-order valence-electron chi connectivity index (χ2n) is 4.28. The average molecular weight is 336 g/mol. The van der Waals surface area contributed by atoms with Crippen molar-refractivity contribution in [1.82, 2.24) is 0 Å². The van der Waals surface area contributed by atoms with E-state index in [9.17, 15) is 0 Å². The third-order valence-corrected chi connectivity index (χ3v) is 3.34. The lowest BCUT2D eigenvalue weighted by Crippen LogP contribution is -2.01. The van der Waals surface area contributed by atoms with E-state index >= 15 is 0 Å². The first-order chi connectivity index (χ1) is 9.72. The molecule has 0 saturated heterocycles. The van der Waals surface area contributed by atoms with Crippen LogP contribution in [-0.2, 0) is 6.54 Å². The highest BCUT2D eigenvalue weighted by atomic mass is 79.9. The van der Waals surface area contributed by atoms with Crippen LogP contribution in [0.4, 0.5) is 5.69 Å². The van der Waals surface area contributed by atoms with Crippen molar-refractivity contribution in [3.63, 3.8) is 0 Å². The Bertz CT molecular complexity index is 572. The van der Waals surface area contributed by atoms with E-state index in [0.717, 1.165) is 33.8 Å². The molecule has 0 saturated carbocycles. The van der Waals surface area contributed by atoms with Gasteiger partial charge < -0.3 is 14.8 Å². The van der Waals surface area contributed by atoms with Crippen LogP contribution in [0.25, 0.3) is 0 Å². The van der Waals surface area contributed by atoms with Crippen molar-refractivity contribution < 1.29 is 9.47 Å². The van der Waals surface area contributed by atoms with Gasteiger partial charge in [-0.1, -0.05) is 28.1 Å². The molecule has 2 aromatic rings. The Morgan fingerprint density at radius 3 is 2.65 bits per heavy atom. The van der Waals surface area contributed by atoms with E-state index in [2.05, 4.69) is 21.2 Å². The topological polar surface area (TPSA) is 30.5 Å². The predicted molar refractivity (Wildman–Crippen MR) is 85.6 cm³/mol. The molecule has 20 heavy (non-hydrogen) atoms. The second-order valence-corrected chi connectivity index (χ2v) is 5.20. The summed E-state index contributed by atoms with van der Waals surface area (Å²) in [5.41, 5.74) is 2.22.